The molecule has 0 unspecified atom stereocenters. The number of amides is 1. The van der Waals surface area contributed by atoms with Crippen LogP contribution in [-0.2, 0) is 23.1 Å². The van der Waals surface area contributed by atoms with Gasteiger partial charge in [0, 0.05) is 42.0 Å². The average molecular weight is 446 g/mol. The molecule has 4 atom stereocenters. The first kappa shape index (κ1) is 19.8. The van der Waals surface area contributed by atoms with Gasteiger partial charge in [-0.25, -0.2) is 0 Å². The molecular formula is C27H31N3O3. The molecule has 1 aromatic heterocycles. The number of ether oxygens (including phenoxy) is 1. The second-order valence-electron chi connectivity index (χ2n) is 10.8. The standard InChI is InChI=1S/C27H31N3O3/c31-22-7-6-18-13-21-20-8-11-30(24(32)14-19-3-1-2-10-28-19)16-23-27(20,25(18)26(22)33-23)9-12-29(21)15-17-4-5-17/h1-3,6-7,10,17,20-21,23,31H,4-5,8-9,11-16H2/t20-,21+,23-,27+/m0/s1. The van der Waals surface area contributed by atoms with Crippen LogP contribution in [0.4, 0.5) is 0 Å². The zero-order valence-corrected chi connectivity index (χ0v) is 18.9. The van der Waals surface area contributed by atoms with Crippen molar-refractivity contribution in [2.75, 3.05) is 26.2 Å². The van der Waals surface area contributed by atoms with Gasteiger partial charge in [0.15, 0.2) is 11.5 Å². The van der Waals surface area contributed by atoms with E-state index in [1.165, 1.54) is 30.5 Å². The molecule has 2 saturated heterocycles. The third-order valence-corrected chi connectivity index (χ3v) is 9.06. The molecule has 172 valence electrons. The second kappa shape index (κ2) is 7.20. The summed E-state index contributed by atoms with van der Waals surface area (Å²) in [5, 5.41) is 10.7. The molecule has 2 aromatic rings. The summed E-state index contributed by atoms with van der Waals surface area (Å²) in [4.78, 5) is 22.5. The molecular weight excluding hydrogens is 414 g/mol. The van der Waals surface area contributed by atoms with Gasteiger partial charge in [-0.05, 0) is 74.2 Å². The van der Waals surface area contributed by atoms with Gasteiger partial charge in [-0.15, -0.1) is 0 Å². The Morgan fingerprint density at radius 1 is 1.18 bits per heavy atom. The molecule has 2 aliphatic carbocycles. The van der Waals surface area contributed by atoms with E-state index < -0.39 is 0 Å². The zero-order valence-electron chi connectivity index (χ0n) is 18.9. The lowest BCUT2D eigenvalue weighted by atomic mass is 9.55. The van der Waals surface area contributed by atoms with E-state index in [1.54, 1.807) is 12.3 Å². The van der Waals surface area contributed by atoms with Crippen molar-refractivity contribution in [1.82, 2.24) is 14.8 Å². The molecule has 1 spiro atoms. The number of phenolic OH excluding ortho intramolecular Hbond substituents is 1. The SMILES string of the molecule is O=C(Cc1ccccn1)N1CC[C@H]2[C@H]3Cc4ccc(O)c5c4[C@@]2(CCN3CC2CC2)[C@H](C1)O5. The summed E-state index contributed by atoms with van der Waals surface area (Å²) in [6, 6.07) is 10.2. The molecule has 6 nitrogen and oxygen atoms in total. The number of nitrogens with zero attached hydrogens (tertiary/aromatic N) is 3. The lowest BCUT2D eigenvalue weighted by molar-refractivity contribution is -0.131. The molecule has 0 radical (unpaired) electrons. The van der Waals surface area contributed by atoms with Gasteiger partial charge in [0.1, 0.15) is 6.10 Å². The van der Waals surface area contributed by atoms with Crippen molar-refractivity contribution >= 4 is 5.91 Å². The Bertz CT molecular complexity index is 1100. The Hall–Kier alpha value is -2.60. The van der Waals surface area contributed by atoms with E-state index in [0.717, 1.165) is 44.0 Å². The van der Waals surface area contributed by atoms with Crippen molar-refractivity contribution in [3.8, 4) is 11.5 Å². The van der Waals surface area contributed by atoms with E-state index in [0.29, 0.717) is 30.7 Å². The largest absolute Gasteiger partial charge is 0.504 e. The number of phenols is 1. The van der Waals surface area contributed by atoms with Crippen molar-refractivity contribution in [2.24, 2.45) is 11.8 Å². The zero-order chi connectivity index (χ0) is 22.2. The van der Waals surface area contributed by atoms with Gasteiger partial charge in [-0.2, -0.15) is 0 Å². The number of carbonyl (C=O) groups is 1. The Balaban J connectivity index is 1.25. The highest BCUT2D eigenvalue weighted by atomic mass is 16.5. The lowest BCUT2D eigenvalue weighted by Gasteiger charge is -2.55. The predicted molar refractivity (Wildman–Crippen MR) is 123 cm³/mol. The van der Waals surface area contributed by atoms with E-state index in [9.17, 15) is 9.90 Å². The van der Waals surface area contributed by atoms with Gasteiger partial charge >= 0.3 is 0 Å². The molecule has 33 heavy (non-hydrogen) atoms. The van der Waals surface area contributed by atoms with Crippen molar-refractivity contribution in [2.45, 2.75) is 56.1 Å². The van der Waals surface area contributed by atoms with Crippen LogP contribution in [0.15, 0.2) is 36.5 Å². The van der Waals surface area contributed by atoms with Crippen molar-refractivity contribution < 1.29 is 14.6 Å². The molecule has 3 aliphatic heterocycles. The van der Waals surface area contributed by atoms with Crippen LogP contribution in [0.2, 0.25) is 0 Å². The highest BCUT2D eigenvalue weighted by Crippen LogP contribution is 2.62. The minimum Gasteiger partial charge on any atom is -0.504 e. The summed E-state index contributed by atoms with van der Waals surface area (Å²) in [7, 11) is 0. The highest BCUT2D eigenvalue weighted by molar-refractivity contribution is 5.78. The average Bonchev–Trinajstić information content (AvgIpc) is 3.60. The number of aromatic hydroxyl groups is 1. The molecule has 1 amide bonds. The van der Waals surface area contributed by atoms with E-state index >= 15 is 0 Å². The minimum absolute atomic E-state index is 0.0909. The number of carbonyl (C=O) groups excluding carboxylic acids is 1. The van der Waals surface area contributed by atoms with Crippen LogP contribution in [0.5, 0.6) is 11.5 Å². The number of rotatable bonds is 4. The van der Waals surface area contributed by atoms with Crippen LogP contribution in [0.25, 0.3) is 0 Å². The Kier molecular flexibility index (Phi) is 4.33. The van der Waals surface area contributed by atoms with Crippen molar-refractivity contribution in [1.29, 1.82) is 0 Å². The summed E-state index contributed by atoms with van der Waals surface area (Å²) < 4.78 is 6.57. The predicted octanol–water partition coefficient (Wildman–Crippen LogP) is 2.92. The maximum Gasteiger partial charge on any atom is 0.228 e. The Labute approximate surface area is 194 Å². The fourth-order valence-corrected chi connectivity index (χ4v) is 7.40. The lowest BCUT2D eigenvalue weighted by Crippen LogP contribution is -2.63. The normalized spacial score (nSPS) is 32.1. The van der Waals surface area contributed by atoms with Gasteiger partial charge < -0.3 is 14.7 Å². The maximum absolute atomic E-state index is 13.3. The molecule has 4 heterocycles. The van der Waals surface area contributed by atoms with Crippen molar-refractivity contribution in [3.05, 3.63) is 53.3 Å². The molecule has 3 fully saturated rings. The van der Waals surface area contributed by atoms with E-state index in [2.05, 4.69) is 16.0 Å². The van der Waals surface area contributed by atoms with Crippen molar-refractivity contribution in [3.63, 3.8) is 0 Å². The first-order valence-corrected chi connectivity index (χ1v) is 12.6. The third-order valence-electron chi connectivity index (χ3n) is 9.06. The number of pyridine rings is 1. The number of aromatic nitrogens is 1. The minimum atomic E-state index is -0.0920. The first-order chi connectivity index (χ1) is 16.1. The van der Waals surface area contributed by atoms with Crippen LogP contribution in [0, 0.1) is 11.8 Å². The van der Waals surface area contributed by atoms with Gasteiger partial charge in [0.05, 0.1) is 13.0 Å². The molecule has 2 bridgehead atoms. The highest BCUT2D eigenvalue weighted by Gasteiger charge is 2.63. The van der Waals surface area contributed by atoms with Crippen LogP contribution < -0.4 is 4.74 Å². The summed E-state index contributed by atoms with van der Waals surface area (Å²) in [5.74, 6) is 2.39. The number of piperidine rings is 1. The summed E-state index contributed by atoms with van der Waals surface area (Å²) in [6.07, 6.45) is 7.80. The van der Waals surface area contributed by atoms with E-state index in [-0.39, 0.29) is 23.2 Å². The number of likely N-dealkylation sites (tertiary alicyclic amines) is 2. The summed E-state index contributed by atoms with van der Waals surface area (Å²) in [6.45, 7) is 3.67. The van der Waals surface area contributed by atoms with Crippen LogP contribution in [-0.4, -0.2) is 64.1 Å². The smallest absolute Gasteiger partial charge is 0.228 e. The third kappa shape index (κ3) is 2.96. The number of benzene rings is 1. The number of hydrogen-bond donors (Lipinski definition) is 1. The maximum atomic E-state index is 13.3. The molecule has 1 aromatic carbocycles. The van der Waals surface area contributed by atoms with Crippen LogP contribution in [0.3, 0.4) is 0 Å². The topological polar surface area (TPSA) is 65.9 Å². The van der Waals surface area contributed by atoms with Gasteiger partial charge in [0.25, 0.3) is 0 Å². The first-order valence-electron chi connectivity index (χ1n) is 12.6. The molecule has 1 saturated carbocycles. The molecule has 6 heteroatoms. The Morgan fingerprint density at radius 3 is 2.91 bits per heavy atom. The summed E-state index contributed by atoms with van der Waals surface area (Å²) >= 11 is 0. The quantitative estimate of drug-likeness (QED) is 0.784. The molecule has 7 rings (SSSR count). The van der Waals surface area contributed by atoms with E-state index in [4.69, 9.17) is 4.74 Å². The van der Waals surface area contributed by atoms with Gasteiger partial charge in [-0.1, -0.05) is 12.1 Å². The Morgan fingerprint density at radius 2 is 2.09 bits per heavy atom. The fourth-order valence-electron chi connectivity index (χ4n) is 7.40. The van der Waals surface area contributed by atoms with E-state index in [1.807, 2.05) is 23.1 Å². The van der Waals surface area contributed by atoms with Crippen LogP contribution in [0.1, 0.15) is 42.5 Å². The molecule has 1 N–H and O–H groups in total. The fraction of sp³-hybridized carbons (Fsp3) is 0.556. The van der Waals surface area contributed by atoms with Gasteiger partial charge in [-0.3, -0.25) is 14.7 Å². The summed E-state index contributed by atoms with van der Waals surface area (Å²) in [5.41, 5.74) is 3.33. The monoisotopic (exact) mass is 445 g/mol. The number of hydrogen-bond acceptors (Lipinski definition) is 5. The van der Waals surface area contributed by atoms with Gasteiger partial charge in [0.2, 0.25) is 5.91 Å². The second-order valence-corrected chi connectivity index (χ2v) is 10.8. The van der Waals surface area contributed by atoms with Crippen LogP contribution >= 0.6 is 0 Å². The molecule has 5 aliphatic rings.